The van der Waals surface area contributed by atoms with Gasteiger partial charge in [0.2, 0.25) is 0 Å². The summed E-state index contributed by atoms with van der Waals surface area (Å²) in [6.07, 6.45) is 0. The van der Waals surface area contributed by atoms with Crippen molar-refractivity contribution in [3.05, 3.63) is 40.9 Å². The second-order valence-corrected chi connectivity index (χ2v) is 4.94. The number of amides is 1. The first-order valence-electron chi connectivity index (χ1n) is 5.63. The number of rotatable bonds is 2. The second kappa shape index (κ2) is 6.92. The van der Waals surface area contributed by atoms with Crippen LogP contribution in [0.4, 0.5) is 0 Å². The van der Waals surface area contributed by atoms with Gasteiger partial charge in [-0.25, -0.2) is 0 Å². The van der Waals surface area contributed by atoms with Gasteiger partial charge in [0.15, 0.2) is 0 Å². The van der Waals surface area contributed by atoms with Gasteiger partial charge in [-0.1, -0.05) is 34.6 Å². The van der Waals surface area contributed by atoms with Crippen LogP contribution in [0.5, 0.6) is 0 Å². The normalized spacial score (nSPS) is 14.8. The zero-order chi connectivity index (χ0) is 12.3. The van der Waals surface area contributed by atoms with Crippen LogP contribution in [0, 0.1) is 0 Å². The van der Waals surface area contributed by atoms with Crippen molar-refractivity contribution >= 4 is 39.8 Å². The van der Waals surface area contributed by atoms with Gasteiger partial charge in [-0.3, -0.25) is 4.79 Å². The molecule has 98 valence electrons. The summed E-state index contributed by atoms with van der Waals surface area (Å²) in [5, 5.41) is 3.23. The highest BCUT2D eigenvalue weighted by molar-refractivity contribution is 9.10. The van der Waals surface area contributed by atoms with Crippen molar-refractivity contribution < 1.29 is 4.79 Å². The molecule has 0 saturated carbocycles. The lowest BCUT2D eigenvalue weighted by Crippen LogP contribution is -2.46. The molecular formula is C13H16BrClN2O. The van der Waals surface area contributed by atoms with E-state index in [0.717, 1.165) is 36.2 Å². The minimum absolute atomic E-state index is 0. The second-order valence-electron chi connectivity index (χ2n) is 4.03. The lowest BCUT2D eigenvalue weighted by molar-refractivity contribution is -0.125. The summed E-state index contributed by atoms with van der Waals surface area (Å²) in [6.45, 7) is 7.14. The van der Waals surface area contributed by atoms with Crippen LogP contribution in [-0.4, -0.2) is 37.0 Å². The van der Waals surface area contributed by atoms with Crippen LogP contribution in [0.15, 0.2) is 35.3 Å². The number of hydrogen-bond acceptors (Lipinski definition) is 2. The largest absolute Gasteiger partial charge is 0.336 e. The third-order valence-corrected chi connectivity index (χ3v) is 3.38. The summed E-state index contributed by atoms with van der Waals surface area (Å²) in [5.74, 6) is 0.0359. The smallest absolute Gasteiger partial charge is 0.253 e. The summed E-state index contributed by atoms with van der Waals surface area (Å²) in [6, 6.07) is 7.66. The van der Waals surface area contributed by atoms with Gasteiger partial charge >= 0.3 is 0 Å². The molecule has 5 heteroatoms. The van der Waals surface area contributed by atoms with Gasteiger partial charge in [0.05, 0.1) is 0 Å². The molecule has 2 rings (SSSR count). The summed E-state index contributed by atoms with van der Waals surface area (Å²) >= 11 is 3.37. The number of hydrogen-bond donors (Lipinski definition) is 1. The zero-order valence-electron chi connectivity index (χ0n) is 9.99. The third-order valence-electron chi connectivity index (χ3n) is 2.86. The van der Waals surface area contributed by atoms with E-state index in [2.05, 4.69) is 27.8 Å². The molecule has 1 aromatic rings. The van der Waals surface area contributed by atoms with Crippen LogP contribution in [0.1, 0.15) is 5.56 Å². The molecule has 3 nitrogen and oxygen atoms in total. The maximum Gasteiger partial charge on any atom is 0.253 e. The maximum absolute atomic E-state index is 12.2. The molecule has 0 bridgehead atoms. The van der Waals surface area contributed by atoms with E-state index in [1.807, 2.05) is 29.2 Å². The van der Waals surface area contributed by atoms with Crippen molar-refractivity contribution in [3.63, 3.8) is 0 Å². The highest BCUT2D eigenvalue weighted by atomic mass is 79.9. The highest BCUT2D eigenvalue weighted by Crippen LogP contribution is 2.18. The summed E-state index contributed by atoms with van der Waals surface area (Å²) in [5.41, 5.74) is 1.45. The van der Waals surface area contributed by atoms with Gasteiger partial charge in [0.25, 0.3) is 5.91 Å². The van der Waals surface area contributed by atoms with Gasteiger partial charge in [0, 0.05) is 36.2 Å². The fraction of sp³-hybridized carbons (Fsp3) is 0.308. The Morgan fingerprint density at radius 2 is 1.78 bits per heavy atom. The van der Waals surface area contributed by atoms with Crippen LogP contribution in [-0.2, 0) is 4.79 Å². The van der Waals surface area contributed by atoms with E-state index in [1.165, 1.54) is 0 Å². The fourth-order valence-electron chi connectivity index (χ4n) is 1.83. The van der Waals surface area contributed by atoms with Gasteiger partial charge in [0.1, 0.15) is 0 Å². The van der Waals surface area contributed by atoms with Crippen LogP contribution in [0.2, 0.25) is 0 Å². The molecule has 1 aromatic carbocycles. The van der Waals surface area contributed by atoms with E-state index in [4.69, 9.17) is 0 Å². The monoisotopic (exact) mass is 330 g/mol. The van der Waals surface area contributed by atoms with E-state index in [1.54, 1.807) is 0 Å². The van der Waals surface area contributed by atoms with E-state index < -0.39 is 0 Å². The summed E-state index contributed by atoms with van der Waals surface area (Å²) < 4.78 is 1.00. The van der Waals surface area contributed by atoms with E-state index in [-0.39, 0.29) is 18.3 Å². The Morgan fingerprint density at radius 3 is 2.33 bits per heavy atom. The van der Waals surface area contributed by atoms with Gasteiger partial charge < -0.3 is 10.2 Å². The van der Waals surface area contributed by atoms with Crippen molar-refractivity contribution in [2.24, 2.45) is 0 Å². The average Bonchev–Trinajstić information content (AvgIpc) is 2.39. The lowest BCUT2D eigenvalue weighted by Gasteiger charge is -2.28. The van der Waals surface area contributed by atoms with Gasteiger partial charge in [-0.05, 0) is 17.7 Å². The number of halogens is 2. The molecule has 1 fully saturated rings. The van der Waals surface area contributed by atoms with E-state index in [9.17, 15) is 4.79 Å². The minimum Gasteiger partial charge on any atom is -0.336 e. The number of nitrogens with one attached hydrogen (secondary N) is 1. The molecule has 0 aromatic heterocycles. The summed E-state index contributed by atoms with van der Waals surface area (Å²) in [4.78, 5) is 14.0. The first kappa shape index (κ1) is 15.2. The average molecular weight is 332 g/mol. The van der Waals surface area contributed by atoms with Crippen molar-refractivity contribution in [1.82, 2.24) is 10.2 Å². The van der Waals surface area contributed by atoms with Crippen LogP contribution >= 0.6 is 28.3 Å². The lowest BCUT2D eigenvalue weighted by atomic mass is 10.1. The molecule has 0 radical (unpaired) electrons. The number of carbonyl (C=O) groups excluding carboxylic acids is 1. The number of piperazine rings is 1. The highest BCUT2D eigenvalue weighted by Gasteiger charge is 2.19. The molecule has 0 unspecified atom stereocenters. The maximum atomic E-state index is 12.2. The first-order valence-corrected chi connectivity index (χ1v) is 6.42. The Hall–Kier alpha value is -0.840. The molecule has 1 aliphatic rings. The quantitative estimate of drug-likeness (QED) is 0.844. The van der Waals surface area contributed by atoms with E-state index >= 15 is 0 Å². The van der Waals surface area contributed by atoms with Gasteiger partial charge in [-0.2, -0.15) is 0 Å². The third kappa shape index (κ3) is 3.57. The Bertz CT molecular complexity index is 427. The number of benzene rings is 1. The SMILES string of the molecule is C=C(C(=O)N1CCNCC1)c1ccc(Br)cc1.Cl. The molecule has 1 N–H and O–H groups in total. The predicted molar refractivity (Wildman–Crippen MR) is 79.9 cm³/mol. The Balaban J connectivity index is 0.00000162. The molecule has 1 heterocycles. The molecule has 1 aliphatic heterocycles. The number of carbonyl (C=O) groups is 1. The molecule has 0 spiro atoms. The Kier molecular flexibility index (Phi) is 5.85. The number of nitrogens with zero attached hydrogens (tertiary/aromatic N) is 1. The van der Waals surface area contributed by atoms with Gasteiger partial charge in [-0.15, -0.1) is 12.4 Å². The molecule has 0 aliphatic carbocycles. The molecule has 1 amide bonds. The minimum atomic E-state index is 0. The van der Waals surface area contributed by atoms with Crippen LogP contribution in [0.25, 0.3) is 5.57 Å². The van der Waals surface area contributed by atoms with Crippen molar-refractivity contribution in [3.8, 4) is 0 Å². The van der Waals surface area contributed by atoms with Crippen LogP contribution < -0.4 is 5.32 Å². The Labute approximate surface area is 122 Å². The van der Waals surface area contributed by atoms with Crippen molar-refractivity contribution in [1.29, 1.82) is 0 Å². The van der Waals surface area contributed by atoms with Crippen molar-refractivity contribution in [2.45, 2.75) is 0 Å². The molecule has 18 heavy (non-hydrogen) atoms. The Morgan fingerprint density at radius 1 is 1.22 bits per heavy atom. The molecule has 0 atom stereocenters. The standard InChI is InChI=1S/C13H15BrN2O.ClH/c1-10(11-2-4-12(14)5-3-11)13(17)16-8-6-15-7-9-16;/h2-5,15H,1,6-9H2;1H. The predicted octanol–water partition coefficient (Wildman–Crippen LogP) is 2.32. The van der Waals surface area contributed by atoms with E-state index in [0.29, 0.717) is 5.57 Å². The summed E-state index contributed by atoms with van der Waals surface area (Å²) in [7, 11) is 0. The fourth-order valence-corrected chi connectivity index (χ4v) is 2.10. The zero-order valence-corrected chi connectivity index (χ0v) is 12.4. The first-order chi connectivity index (χ1) is 8.18. The topological polar surface area (TPSA) is 32.3 Å². The van der Waals surface area contributed by atoms with Crippen molar-refractivity contribution in [2.75, 3.05) is 26.2 Å². The molecule has 1 saturated heterocycles. The molecular weight excluding hydrogens is 316 g/mol. The van der Waals surface area contributed by atoms with Crippen LogP contribution in [0.3, 0.4) is 0 Å².